The van der Waals surface area contributed by atoms with Crippen molar-refractivity contribution >= 4 is 40.6 Å². The number of nitrogen functional groups attached to an aromatic ring is 1. The number of furan rings is 1. The first-order valence-electron chi connectivity index (χ1n) is 11.2. The van der Waals surface area contributed by atoms with Gasteiger partial charge in [-0.05, 0) is 60.4 Å². The molecule has 0 saturated carbocycles. The number of nitrogens with zero attached hydrogens (tertiary/aromatic N) is 2. The van der Waals surface area contributed by atoms with Gasteiger partial charge < -0.3 is 25.9 Å². The van der Waals surface area contributed by atoms with E-state index in [1.165, 1.54) is 12.0 Å². The lowest BCUT2D eigenvalue weighted by Crippen LogP contribution is -2.43. The van der Waals surface area contributed by atoms with Crippen molar-refractivity contribution < 1.29 is 23.5 Å². The predicted octanol–water partition coefficient (Wildman–Crippen LogP) is 3.44. The first kappa shape index (κ1) is 25.5. The minimum atomic E-state index is -1.21. The summed E-state index contributed by atoms with van der Waals surface area (Å²) in [4.78, 5) is 40.6. The second-order valence-corrected chi connectivity index (χ2v) is 8.84. The third kappa shape index (κ3) is 5.46. The lowest BCUT2D eigenvalue weighted by Gasteiger charge is -2.29. The number of carbonyl (C=O) groups excluding carboxylic acids is 3. The number of nitrogens with one attached hydrogen (secondary N) is 1. The number of primary amides is 1. The monoisotopic (exact) mass is 519 g/mol. The largest absolute Gasteiger partial charge is 0.497 e. The molecule has 4 rings (SSSR count). The number of methoxy groups -OCH3 is 1. The molecule has 4 aromatic rings. The molecule has 10 nitrogen and oxygen atoms in total. The third-order valence-electron chi connectivity index (χ3n) is 5.57. The summed E-state index contributed by atoms with van der Waals surface area (Å²) >= 11 is 0.729. The average molecular weight is 520 g/mol. The standard InChI is InChI=1S/C26H25N5O5S/c1-15-8-13-19(36-15)22(25(33)29-14-16-6-4-3-5-7-16)31(17-9-11-18(35-2)12-10-17)26(34)23-20(27)21(24(28)32)30-37-23/h3-13,22H,14,27H2,1-2H3,(H2,28,32)(H,29,33)/t22-/m0/s1. The Morgan fingerprint density at radius 1 is 1.08 bits per heavy atom. The fourth-order valence-electron chi connectivity index (χ4n) is 3.72. The van der Waals surface area contributed by atoms with Crippen LogP contribution in [0.4, 0.5) is 11.4 Å². The number of rotatable bonds is 9. The van der Waals surface area contributed by atoms with Gasteiger partial charge in [-0.25, -0.2) is 0 Å². The van der Waals surface area contributed by atoms with Gasteiger partial charge in [0.15, 0.2) is 11.7 Å². The Bertz CT molecular complexity index is 1410. The molecule has 2 aromatic carbocycles. The maximum absolute atomic E-state index is 14.0. The van der Waals surface area contributed by atoms with Crippen LogP contribution in [0, 0.1) is 6.92 Å². The van der Waals surface area contributed by atoms with E-state index >= 15 is 0 Å². The molecule has 2 aromatic heterocycles. The van der Waals surface area contributed by atoms with E-state index in [-0.39, 0.29) is 28.6 Å². The van der Waals surface area contributed by atoms with Gasteiger partial charge in [-0.2, -0.15) is 4.37 Å². The highest BCUT2D eigenvalue weighted by molar-refractivity contribution is 7.09. The molecule has 1 atom stereocenters. The number of aryl methyl sites for hydroxylation is 1. The molecule has 0 aliphatic rings. The Morgan fingerprint density at radius 2 is 1.78 bits per heavy atom. The third-order valence-corrected chi connectivity index (χ3v) is 6.42. The number of anilines is 2. The number of hydrogen-bond donors (Lipinski definition) is 3. The Kier molecular flexibility index (Phi) is 7.54. The van der Waals surface area contributed by atoms with Crippen molar-refractivity contribution in [3.8, 4) is 5.75 Å². The maximum Gasteiger partial charge on any atom is 0.273 e. The van der Waals surface area contributed by atoms with Crippen LogP contribution in [-0.4, -0.2) is 29.2 Å². The lowest BCUT2D eigenvalue weighted by molar-refractivity contribution is -0.123. The summed E-state index contributed by atoms with van der Waals surface area (Å²) in [5.74, 6) is -0.634. The molecule has 2 heterocycles. The number of nitrogens with two attached hydrogens (primary N) is 2. The second-order valence-electron chi connectivity index (χ2n) is 8.07. The molecule has 3 amide bonds. The van der Waals surface area contributed by atoms with Crippen LogP contribution in [-0.2, 0) is 11.3 Å². The zero-order chi connectivity index (χ0) is 26.5. The molecule has 0 saturated heterocycles. The first-order chi connectivity index (χ1) is 17.8. The SMILES string of the molecule is COc1ccc(N(C(=O)c2snc(C(N)=O)c2N)[C@H](C(=O)NCc2ccccc2)c2ccc(C)o2)cc1. The predicted molar refractivity (Wildman–Crippen MR) is 139 cm³/mol. The molecule has 0 aliphatic heterocycles. The van der Waals surface area contributed by atoms with Gasteiger partial charge in [0.1, 0.15) is 22.1 Å². The van der Waals surface area contributed by atoms with E-state index in [2.05, 4.69) is 9.69 Å². The molecule has 190 valence electrons. The fourth-order valence-corrected chi connectivity index (χ4v) is 4.46. The minimum absolute atomic E-state index is 0.0336. The molecule has 5 N–H and O–H groups in total. The summed E-state index contributed by atoms with van der Waals surface area (Å²) in [6.07, 6.45) is 0. The summed E-state index contributed by atoms with van der Waals surface area (Å²) in [6.45, 7) is 1.97. The van der Waals surface area contributed by atoms with Gasteiger partial charge in [0.25, 0.3) is 17.7 Å². The number of aromatic nitrogens is 1. The lowest BCUT2D eigenvalue weighted by atomic mass is 10.1. The first-order valence-corrected chi connectivity index (χ1v) is 12.0. The highest BCUT2D eigenvalue weighted by atomic mass is 32.1. The van der Waals surface area contributed by atoms with Crippen molar-refractivity contribution in [2.45, 2.75) is 19.5 Å². The van der Waals surface area contributed by atoms with Crippen molar-refractivity contribution in [1.82, 2.24) is 9.69 Å². The van der Waals surface area contributed by atoms with E-state index < -0.39 is 23.8 Å². The summed E-state index contributed by atoms with van der Waals surface area (Å²) in [6, 6.07) is 18.1. The topological polar surface area (TPSA) is 154 Å². The van der Waals surface area contributed by atoms with Crippen LogP contribution >= 0.6 is 11.5 Å². The summed E-state index contributed by atoms with van der Waals surface area (Å²) < 4.78 is 15.0. The molecule has 11 heteroatoms. The van der Waals surface area contributed by atoms with Gasteiger partial charge in [0.05, 0.1) is 12.8 Å². The maximum atomic E-state index is 14.0. The van der Waals surface area contributed by atoms with Crippen LogP contribution in [0.5, 0.6) is 5.75 Å². The van der Waals surface area contributed by atoms with E-state index in [1.807, 2.05) is 30.3 Å². The summed E-state index contributed by atoms with van der Waals surface area (Å²) in [7, 11) is 1.52. The van der Waals surface area contributed by atoms with Gasteiger partial charge >= 0.3 is 0 Å². The Hall–Kier alpha value is -4.64. The van der Waals surface area contributed by atoms with Crippen LogP contribution in [0.3, 0.4) is 0 Å². The molecule has 0 spiro atoms. The zero-order valence-electron chi connectivity index (χ0n) is 20.1. The van der Waals surface area contributed by atoms with E-state index in [4.69, 9.17) is 20.6 Å². The molecule has 0 unspecified atom stereocenters. The van der Waals surface area contributed by atoms with E-state index in [0.29, 0.717) is 17.2 Å². The smallest absolute Gasteiger partial charge is 0.273 e. The van der Waals surface area contributed by atoms with Crippen molar-refractivity contribution in [2.24, 2.45) is 5.73 Å². The summed E-state index contributed by atoms with van der Waals surface area (Å²) in [5, 5.41) is 2.89. The van der Waals surface area contributed by atoms with Gasteiger partial charge in [-0.15, -0.1) is 0 Å². The molecule has 0 bridgehead atoms. The quantitative estimate of drug-likeness (QED) is 0.306. The summed E-state index contributed by atoms with van der Waals surface area (Å²) in [5.41, 5.74) is 12.3. The fraction of sp³-hybridized carbons (Fsp3) is 0.154. The van der Waals surface area contributed by atoms with Gasteiger partial charge in [0, 0.05) is 12.2 Å². The number of benzene rings is 2. The Balaban J connectivity index is 1.80. The van der Waals surface area contributed by atoms with Crippen LogP contribution in [0.1, 0.15) is 43.3 Å². The van der Waals surface area contributed by atoms with Gasteiger partial charge in [-0.1, -0.05) is 30.3 Å². The van der Waals surface area contributed by atoms with Crippen molar-refractivity contribution in [3.05, 3.63) is 94.4 Å². The number of ether oxygens (including phenoxy) is 1. The van der Waals surface area contributed by atoms with Crippen LogP contribution < -0.4 is 26.4 Å². The van der Waals surface area contributed by atoms with Crippen LogP contribution in [0.25, 0.3) is 0 Å². The Labute approximate surface area is 217 Å². The Morgan fingerprint density at radius 3 is 2.35 bits per heavy atom. The van der Waals surface area contributed by atoms with Crippen molar-refractivity contribution in [3.63, 3.8) is 0 Å². The van der Waals surface area contributed by atoms with E-state index in [1.54, 1.807) is 43.3 Å². The van der Waals surface area contributed by atoms with Gasteiger partial charge in [-0.3, -0.25) is 19.3 Å². The highest BCUT2D eigenvalue weighted by Gasteiger charge is 2.37. The van der Waals surface area contributed by atoms with E-state index in [0.717, 1.165) is 17.1 Å². The minimum Gasteiger partial charge on any atom is -0.497 e. The number of carbonyl (C=O) groups is 3. The molecular formula is C26H25N5O5S. The molecule has 37 heavy (non-hydrogen) atoms. The average Bonchev–Trinajstić information content (AvgIpc) is 3.51. The molecular weight excluding hydrogens is 494 g/mol. The van der Waals surface area contributed by atoms with Crippen molar-refractivity contribution in [2.75, 3.05) is 17.7 Å². The van der Waals surface area contributed by atoms with Crippen LogP contribution in [0.2, 0.25) is 0 Å². The normalized spacial score (nSPS) is 11.5. The zero-order valence-corrected chi connectivity index (χ0v) is 21.0. The second kappa shape index (κ2) is 11.0. The highest BCUT2D eigenvalue weighted by Crippen LogP contribution is 2.34. The number of hydrogen-bond acceptors (Lipinski definition) is 8. The van der Waals surface area contributed by atoms with Crippen LogP contribution in [0.15, 0.2) is 71.1 Å². The molecule has 0 aliphatic carbocycles. The number of amides is 3. The molecule has 0 radical (unpaired) electrons. The molecule has 0 fully saturated rings. The van der Waals surface area contributed by atoms with Gasteiger partial charge in [0.2, 0.25) is 0 Å². The van der Waals surface area contributed by atoms with Crippen molar-refractivity contribution in [1.29, 1.82) is 0 Å². The van der Waals surface area contributed by atoms with E-state index in [9.17, 15) is 14.4 Å².